The van der Waals surface area contributed by atoms with E-state index >= 15 is 0 Å². The smallest absolute Gasteiger partial charge is 0.128 e. The molecule has 0 amide bonds. The standard InChI is InChI=1S/C15H19NOS/c16-10-15(7-2-1-3-8-15)12-4-5-13-11(14(12)17)6-9-18-13/h4-6,9,17H,1-3,7-8,10,16H2. The lowest BCUT2D eigenvalue weighted by Gasteiger charge is -2.37. The molecule has 0 saturated heterocycles. The molecule has 0 atom stereocenters. The average Bonchev–Trinajstić information content (AvgIpc) is 2.89. The van der Waals surface area contributed by atoms with E-state index in [9.17, 15) is 5.11 Å². The molecule has 96 valence electrons. The van der Waals surface area contributed by atoms with Gasteiger partial charge in [0.05, 0.1) is 0 Å². The maximum atomic E-state index is 10.5. The van der Waals surface area contributed by atoms with Gasteiger partial charge in [-0.2, -0.15) is 0 Å². The van der Waals surface area contributed by atoms with E-state index in [1.807, 2.05) is 11.4 Å². The molecule has 1 aromatic carbocycles. The van der Waals surface area contributed by atoms with Crippen molar-refractivity contribution >= 4 is 21.4 Å². The second-order valence-corrected chi connectivity index (χ2v) is 6.29. The topological polar surface area (TPSA) is 46.2 Å². The Hall–Kier alpha value is -1.06. The predicted molar refractivity (Wildman–Crippen MR) is 77.3 cm³/mol. The van der Waals surface area contributed by atoms with E-state index in [-0.39, 0.29) is 5.41 Å². The first-order valence-electron chi connectivity index (χ1n) is 6.67. The maximum Gasteiger partial charge on any atom is 0.128 e. The van der Waals surface area contributed by atoms with Crippen LogP contribution in [0.25, 0.3) is 10.1 Å². The van der Waals surface area contributed by atoms with Crippen molar-refractivity contribution < 1.29 is 5.11 Å². The van der Waals surface area contributed by atoms with Gasteiger partial charge in [0.1, 0.15) is 5.75 Å². The van der Waals surface area contributed by atoms with Crippen LogP contribution in [0.3, 0.4) is 0 Å². The SMILES string of the molecule is NCC1(c2ccc3sccc3c2O)CCCCC1. The second-order valence-electron chi connectivity index (χ2n) is 5.34. The highest BCUT2D eigenvalue weighted by atomic mass is 32.1. The van der Waals surface area contributed by atoms with Crippen molar-refractivity contribution in [3.05, 3.63) is 29.1 Å². The van der Waals surface area contributed by atoms with Crippen LogP contribution in [-0.2, 0) is 5.41 Å². The number of hydrogen-bond donors (Lipinski definition) is 2. The van der Waals surface area contributed by atoms with Crippen molar-refractivity contribution in [2.45, 2.75) is 37.5 Å². The summed E-state index contributed by atoms with van der Waals surface area (Å²) in [6.45, 7) is 0.635. The van der Waals surface area contributed by atoms with Crippen LogP contribution in [0, 0.1) is 0 Å². The molecule has 1 aromatic heterocycles. The fourth-order valence-electron chi connectivity index (χ4n) is 3.27. The van der Waals surface area contributed by atoms with Gasteiger partial charge in [-0.1, -0.05) is 25.3 Å². The lowest BCUT2D eigenvalue weighted by molar-refractivity contribution is 0.292. The van der Waals surface area contributed by atoms with Crippen LogP contribution in [0.5, 0.6) is 5.75 Å². The summed E-state index contributed by atoms with van der Waals surface area (Å²) in [5.74, 6) is 0.459. The third kappa shape index (κ3) is 1.73. The number of fused-ring (bicyclic) bond motifs is 1. The monoisotopic (exact) mass is 261 g/mol. The van der Waals surface area contributed by atoms with Crippen LogP contribution in [0.15, 0.2) is 23.6 Å². The summed E-state index contributed by atoms with van der Waals surface area (Å²) in [7, 11) is 0. The average molecular weight is 261 g/mol. The van der Waals surface area contributed by atoms with E-state index in [1.54, 1.807) is 11.3 Å². The summed E-state index contributed by atoms with van der Waals surface area (Å²) in [4.78, 5) is 0. The van der Waals surface area contributed by atoms with Crippen LogP contribution < -0.4 is 5.73 Å². The molecule has 2 nitrogen and oxygen atoms in total. The molecule has 1 fully saturated rings. The lowest BCUT2D eigenvalue weighted by atomic mass is 9.69. The predicted octanol–water partition coefficient (Wildman–Crippen LogP) is 3.77. The molecule has 18 heavy (non-hydrogen) atoms. The highest BCUT2D eigenvalue weighted by molar-refractivity contribution is 7.17. The Kier molecular flexibility index (Phi) is 3.04. The molecule has 0 unspecified atom stereocenters. The summed E-state index contributed by atoms with van der Waals surface area (Å²) in [5, 5.41) is 13.6. The van der Waals surface area contributed by atoms with Gasteiger partial charge in [0.2, 0.25) is 0 Å². The third-order valence-electron chi connectivity index (χ3n) is 4.38. The molecular formula is C15H19NOS. The van der Waals surface area contributed by atoms with Gasteiger partial charge >= 0.3 is 0 Å². The zero-order valence-electron chi connectivity index (χ0n) is 10.5. The van der Waals surface area contributed by atoms with E-state index in [0.717, 1.165) is 28.5 Å². The number of phenols is 1. The van der Waals surface area contributed by atoms with Gasteiger partial charge in [0.15, 0.2) is 0 Å². The number of thiophene rings is 1. The van der Waals surface area contributed by atoms with Gasteiger partial charge in [-0.25, -0.2) is 0 Å². The van der Waals surface area contributed by atoms with Gasteiger partial charge in [-0.3, -0.25) is 0 Å². The molecule has 3 heteroatoms. The van der Waals surface area contributed by atoms with Crippen molar-refractivity contribution in [2.75, 3.05) is 6.54 Å². The second kappa shape index (κ2) is 4.56. The van der Waals surface area contributed by atoms with Gasteiger partial charge < -0.3 is 10.8 Å². The molecule has 0 spiro atoms. The van der Waals surface area contributed by atoms with Crippen molar-refractivity contribution in [3.8, 4) is 5.75 Å². The van der Waals surface area contributed by atoms with Gasteiger partial charge in [-0.15, -0.1) is 11.3 Å². The summed E-state index contributed by atoms with van der Waals surface area (Å²) >= 11 is 1.67. The van der Waals surface area contributed by atoms with Gasteiger partial charge in [-0.05, 0) is 30.4 Å². The molecule has 1 aliphatic carbocycles. The molecule has 2 aromatic rings. The summed E-state index contributed by atoms with van der Waals surface area (Å²) in [6, 6.07) is 6.22. The molecule has 0 radical (unpaired) electrons. The Morgan fingerprint density at radius 1 is 1.17 bits per heavy atom. The molecule has 0 aliphatic heterocycles. The van der Waals surface area contributed by atoms with Crippen molar-refractivity contribution in [1.29, 1.82) is 0 Å². The number of hydrogen-bond acceptors (Lipinski definition) is 3. The quantitative estimate of drug-likeness (QED) is 0.864. The molecule has 1 heterocycles. The van der Waals surface area contributed by atoms with Gasteiger partial charge in [0, 0.05) is 27.6 Å². The Bertz CT molecular complexity index is 555. The summed E-state index contributed by atoms with van der Waals surface area (Å²) < 4.78 is 1.15. The molecular weight excluding hydrogens is 242 g/mol. The molecule has 1 saturated carbocycles. The highest BCUT2D eigenvalue weighted by Gasteiger charge is 2.35. The van der Waals surface area contributed by atoms with E-state index in [4.69, 9.17) is 5.73 Å². The molecule has 0 bridgehead atoms. The molecule has 3 N–H and O–H groups in total. The molecule has 3 rings (SSSR count). The largest absolute Gasteiger partial charge is 0.507 e. The first kappa shape index (κ1) is 12.0. The van der Waals surface area contributed by atoms with Crippen molar-refractivity contribution in [1.82, 2.24) is 0 Å². The first-order chi connectivity index (χ1) is 8.77. The fourth-order valence-corrected chi connectivity index (χ4v) is 4.06. The highest BCUT2D eigenvalue weighted by Crippen LogP contribution is 2.45. The zero-order chi connectivity index (χ0) is 12.6. The fraction of sp³-hybridized carbons (Fsp3) is 0.467. The minimum atomic E-state index is -0.00153. The maximum absolute atomic E-state index is 10.5. The van der Waals surface area contributed by atoms with Crippen molar-refractivity contribution in [2.24, 2.45) is 5.73 Å². The summed E-state index contributed by atoms with van der Waals surface area (Å²) in [6.07, 6.45) is 5.94. The Balaban J connectivity index is 2.14. The normalized spacial score (nSPS) is 19.2. The van der Waals surface area contributed by atoms with Gasteiger partial charge in [0.25, 0.3) is 0 Å². The van der Waals surface area contributed by atoms with Crippen LogP contribution in [0.2, 0.25) is 0 Å². The van der Waals surface area contributed by atoms with E-state index in [2.05, 4.69) is 12.1 Å². The first-order valence-corrected chi connectivity index (χ1v) is 7.54. The Morgan fingerprint density at radius 3 is 2.67 bits per heavy atom. The minimum absolute atomic E-state index is 0.00153. The number of nitrogens with two attached hydrogens (primary N) is 1. The Labute approximate surface area is 111 Å². The third-order valence-corrected chi connectivity index (χ3v) is 5.26. The van der Waals surface area contributed by atoms with E-state index in [1.165, 1.54) is 19.3 Å². The Morgan fingerprint density at radius 2 is 1.94 bits per heavy atom. The number of rotatable bonds is 2. The van der Waals surface area contributed by atoms with E-state index < -0.39 is 0 Å². The van der Waals surface area contributed by atoms with Crippen LogP contribution in [-0.4, -0.2) is 11.7 Å². The van der Waals surface area contributed by atoms with E-state index in [0.29, 0.717) is 12.3 Å². The number of aromatic hydroxyl groups is 1. The molecule has 1 aliphatic rings. The van der Waals surface area contributed by atoms with Crippen molar-refractivity contribution in [3.63, 3.8) is 0 Å². The van der Waals surface area contributed by atoms with Crippen LogP contribution in [0.4, 0.5) is 0 Å². The van der Waals surface area contributed by atoms with Crippen LogP contribution in [0.1, 0.15) is 37.7 Å². The lowest BCUT2D eigenvalue weighted by Crippen LogP contribution is -2.37. The number of benzene rings is 1. The number of phenolic OH excluding ortho intramolecular Hbond substituents is 1. The zero-order valence-corrected chi connectivity index (χ0v) is 11.3. The minimum Gasteiger partial charge on any atom is -0.507 e. The van der Waals surface area contributed by atoms with Crippen LogP contribution >= 0.6 is 11.3 Å². The summed E-state index contributed by atoms with van der Waals surface area (Å²) in [5.41, 5.74) is 7.11.